The molecule has 0 aliphatic heterocycles. The maximum absolute atomic E-state index is 9.25. The summed E-state index contributed by atoms with van der Waals surface area (Å²) < 4.78 is 6.10. The lowest BCUT2D eigenvalue weighted by atomic mass is 9.95. The van der Waals surface area contributed by atoms with Crippen molar-refractivity contribution < 1.29 is 4.42 Å². The van der Waals surface area contributed by atoms with Gasteiger partial charge in [-0.05, 0) is 52.6 Å². The fourth-order valence-corrected chi connectivity index (χ4v) is 4.10. The van der Waals surface area contributed by atoms with Crippen molar-refractivity contribution in [2.24, 2.45) is 0 Å². The van der Waals surface area contributed by atoms with Crippen molar-refractivity contribution in [1.82, 2.24) is 4.98 Å². The molecule has 0 unspecified atom stereocenters. The molecule has 0 radical (unpaired) electrons. The number of nitrogens with zero attached hydrogens (tertiary/aromatic N) is 2. The van der Waals surface area contributed by atoms with Crippen LogP contribution < -0.4 is 0 Å². The van der Waals surface area contributed by atoms with Crippen molar-refractivity contribution in [3.8, 4) is 6.07 Å². The van der Waals surface area contributed by atoms with E-state index in [1.807, 2.05) is 30.5 Å². The Kier molecular flexibility index (Phi) is 2.68. The first kappa shape index (κ1) is 14.3. The van der Waals surface area contributed by atoms with Crippen molar-refractivity contribution in [3.05, 3.63) is 78.5 Å². The molecular formula is C24H12N2O. The van der Waals surface area contributed by atoms with Crippen molar-refractivity contribution >= 4 is 54.4 Å². The SMILES string of the molecule is N#Cc1ccc2oc3cc4c5ccccc5c5ncccc5c4cc3c2c1. The number of fused-ring (bicyclic) bond motifs is 9. The molecule has 0 atom stereocenters. The summed E-state index contributed by atoms with van der Waals surface area (Å²) in [4.78, 5) is 4.65. The molecule has 0 bridgehead atoms. The third kappa shape index (κ3) is 1.87. The van der Waals surface area contributed by atoms with Gasteiger partial charge in [-0.15, -0.1) is 0 Å². The smallest absolute Gasteiger partial charge is 0.136 e. The van der Waals surface area contributed by atoms with E-state index in [0.717, 1.165) is 49.0 Å². The molecule has 6 rings (SSSR count). The number of pyridine rings is 1. The highest BCUT2D eigenvalue weighted by Crippen LogP contribution is 2.39. The van der Waals surface area contributed by atoms with Gasteiger partial charge in [0.05, 0.1) is 17.1 Å². The molecule has 4 aromatic carbocycles. The molecule has 0 amide bonds. The highest BCUT2D eigenvalue weighted by molar-refractivity contribution is 6.27. The molecule has 0 saturated heterocycles. The van der Waals surface area contributed by atoms with Crippen LogP contribution in [0.1, 0.15) is 5.56 Å². The average Bonchev–Trinajstić information content (AvgIpc) is 3.09. The molecule has 6 aromatic rings. The van der Waals surface area contributed by atoms with E-state index in [1.165, 1.54) is 5.39 Å². The fraction of sp³-hybridized carbons (Fsp3) is 0. The third-order valence-electron chi connectivity index (χ3n) is 5.31. The quantitative estimate of drug-likeness (QED) is 0.303. The Balaban J connectivity index is 1.91. The second-order valence-corrected chi connectivity index (χ2v) is 6.76. The molecule has 0 spiro atoms. The molecule has 0 aliphatic rings. The molecule has 0 fully saturated rings. The minimum atomic E-state index is 0.635. The van der Waals surface area contributed by atoms with Gasteiger partial charge >= 0.3 is 0 Å². The van der Waals surface area contributed by atoms with E-state index in [0.29, 0.717) is 5.56 Å². The van der Waals surface area contributed by atoms with Crippen LogP contribution in [0.5, 0.6) is 0 Å². The van der Waals surface area contributed by atoms with Crippen LogP contribution in [-0.2, 0) is 0 Å². The van der Waals surface area contributed by atoms with Gasteiger partial charge in [-0.2, -0.15) is 5.26 Å². The molecule has 2 aromatic heterocycles. The number of benzene rings is 4. The van der Waals surface area contributed by atoms with Crippen LogP contribution in [-0.4, -0.2) is 4.98 Å². The third-order valence-corrected chi connectivity index (χ3v) is 5.31. The normalized spacial score (nSPS) is 11.7. The zero-order chi connectivity index (χ0) is 18.0. The van der Waals surface area contributed by atoms with Crippen molar-refractivity contribution in [2.75, 3.05) is 0 Å². The van der Waals surface area contributed by atoms with E-state index in [4.69, 9.17) is 4.42 Å². The molecule has 3 nitrogen and oxygen atoms in total. The Morgan fingerprint density at radius 2 is 1.41 bits per heavy atom. The lowest BCUT2D eigenvalue weighted by Gasteiger charge is -2.09. The summed E-state index contributed by atoms with van der Waals surface area (Å²) in [5, 5.41) is 17.0. The van der Waals surface area contributed by atoms with Gasteiger partial charge in [-0.1, -0.05) is 30.3 Å². The summed E-state index contributed by atoms with van der Waals surface area (Å²) in [6.45, 7) is 0. The Labute approximate surface area is 154 Å². The van der Waals surface area contributed by atoms with E-state index in [9.17, 15) is 5.26 Å². The highest BCUT2D eigenvalue weighted by atomic mass is 16.3. The molecule has 0 aliphatic carbocycles. The van der Waals surface area contributed by atoms with Crippen LogP contribution in [0, 0.1) is 11.3 Å². The maximum Gasteiger partial charge on any atom is 0.136 e. The number of furan rings is 1. The van der Waals surface area contributed by atoms with Crippen LogP contribution in [0.15, 0.2) is 77.3 Å². The van der Waals surface area contributed by atoms with E-state index < -0.39 is 0 Å². The zero-order valence-electron chi connectivity index (χ0n) is 14.2. The number of aromatic nitrogens is 1. The maximum atomic E-state index is 9.25. The molecule has 124 valence electrons. The lowest BCUT2D eigenvalue weighted by Crippen LogP contribution is -1.85. The molecule has 27 heavy (non-hydrogen) atoms. The van der Waals surface area contributed by atoms with E-state index in [2.05, 4.69) is 47.5 Å². The van der Waals surface area contributed by atoms with Gasteiger partial charge in [0, 0.05) is 27.7 Å². The summed E-state index contributed by atoms with van der Waals surface area (Å²) in [6, 6.07) is 24.5. The first-order chi connectivity index (χ1) is 13.3. The standard InChI is InChI=1S/C24H12N2O/c25-13-14-7-8-22-20(10-14)21-11-18-17-6-3-9-26-24(17)16-5-2-1-4-15(16)19(18)12-23(21)27-22/h1-12H. The Morgan fingerprint density at radius 1 is 0.667 bits per heavy atom. The summed E-state index contributed by atoms with van der Waals surface area (Å²) in [6.07, 6.45) is 1.84. The first-order valence-corrected chi connectivity index (χ1v) is 8.79. The largest absolute Gasteiger partial charge is 0.456 e. The van der Waals surface area contributed by atoms with E-state index in [-0.39, 0.29) is 0 Å². The molecule has 3 heteroatoms. The second kappa shape index (κ2) is 5.06. The topological polar surface area (TPSA) is 49.8 Å². The Bertz CT molecular complexity index is 1590. The van der Waals surface area contributed by atoms with Gasteiger partial charge in [0.2, 0.25) is 0 Å². The van der Waals surface area contributed by atoms with Crippen LogP contribution in [0.4, 0.5) is 0 Å². The van der Waals surface area contributed by atoms with E-state index >= 15 is 0 Å². The minimum absolute atomic E-state index is 0.635. The second-order valence-electron chi connectivity index (χ2n) is 6.76. The predicted molar refractivity (Wildman–Crippen MR) is 109 cm³/mol. The van der Waals surface area contributed by atoms with E-state index in [1.54, 1.807) is 6.07 Å². The molecular weight excluding hydrogens is 332 g/mol. The van der Waals surface area contributed by atoms with Crippen molar-refractivity contribution in [3.63, 3.8) is 0 Å². The minimum Gasteiger partial charge on any atom is -0.456 e. The van der Waals surface area contributed by atoms with Crippen LogP contribution in [0.3, 0.4) is 0 Å². The van der Waals surface area contributed by atoms with Gasteiger partial charge in [0.1, 0.15) is 11.2 Å². The van der Waals surface area contributed by atoms with Gasteiger partial charge in [0.15, 0.2) is 0 Å². The van der Waals surface area contributed by atoms with Gasteiger partial charge in [-0.3, -0.25) is 4.98 Å². The fourth-order valence-electron chi connectivity index (χ4n) is 4.10. The first-order valence-electron chi connectivity index (χ1n) is 8.79. The molecule has 0 N–H and O–H groups in total. The number of hydrogen-bond acceptors (Lipinski definition) is 3. The highest BCUT2D eigenvalue weighted by Gasteiger charge is 2.14. The van der Waals surface area contributed by atoms with Crippen LogP contribution in [0.2, 0.25) is 0 Å². The summed E-state index contributed by atoms with van der Waals surface area (Å²) in [7, 11) is 0. The number of hydrogen-bond donors (Lipinski definition) is 0. The molecule has 2 heterocycles. The summed E-state index contributed by atoms with van der Waals surface area (Å²) >= 11 is 0. The van der Waals surface area contributed by atoms with Gasteiger partial charge in [0.25, 0.3) is 0 Å². The number of rotatable bonds is 0. The predicted octanol–water partition coefficient (Wildman–Crippen LogP) is 6.31. The monoisotopic (exact) mass is 344 g/mol. The van der Waals surface area contributed by atoms with Crippen LogP contribution >= 0.6 is 0 Å². The summed E-state index contributed by atoms with van der Waals surface area (Å²) in [5.41, 5.74) is 3.27. The average molecular weight is 344 g/mol. The van der Waals surface area contributed by atoms with Crippen LogP contribution in [0.25, 0.3) is 54.4 Å². The Morgan fingerprint density at radius 3 is 2.30 bits per heavy atom. The summed E-state index contributed by atoms with van der Waals surface area (Å²) in [5.74, 6) is 0. The zero-order valence-corrected chi connectivity index (χ0v) is 14.2. The van der Waals surface area contributed by atoms with Gasteiger partial charge in [-0.25, -0.2) is 0 Å². The Hall–Kier alpha value is -3.90. The van der Waals surface area contributed by atoms with Gasteiger partial charge < -0.3 is 4.42 Å². The molecule has 0 saturated carbocycles. The lowest BCUT2D eigenvalue weighted by molar-refractivity contribution is 0.669. The number of nitriles is 1. The van der Waals surface area contributed by atoms with Crippen molar-refractivity contribution in [2.45, 2.75) is 0 Å². The van der Waals surface area contributed by atoms with Crippen molar-refractivity contribution in [1.29, 1.82) is 5.26 Å².